The van der Waals surface area contributed by atoms with Crippen molar-refractivity contribution in [3.05, 3.63) is 209 Å². The molecule has 0 bridgehead atoms. The predicted molar refractivity (Wildman–Crippen MR) is 264 cm³/mol. The van der Waals surface area contributed by atoms with Gasteiger partial charge in [0.25, 0.3) is 0 Å². The van der Waals surface area contributed by atoms with E-state index in [2.05, 4.69) is 148 Å². The summed E-state index contributed by atoms with van der Waals surface area (Å²) >= 11 is 15.5. The van der Waals surface area contributed by atoms with Gasteiger partial charge in [0, 0.05) is 21.5 Å². The lowest BCUT2D eigenvalue weighted by molar-refractivity contribution is 1.11. The number of aromatic nitrogens is 6. The first-order valence-corrected chi connectivity index (χ1v) is 21.1. The zero-order valence-corrected chi connectivity index (χ0v) is 35.5. The van der Waals surface area contributed by atoms with Crippen LogP contribution in [0.5, 0.6) is 0 Å². The Kier molecular flexibility index (Phi) is 11.2. The quantitative estimate of drug-likeness (QED) is 0.172. The van der Waals surface area contributed by atoms with Crippen molar-refractivity contribution in [2.24, 2.45) is 0 Å². The van der Waals surface area contributed by atoms with Gasteiger partial charge in [0.05, 0.1) is 65.6 Å². The van der Waals surface area contributed by atoms with Gasteiger partial charge in [0.1, 0.15) is 0 Å². The van der Waals surface area contributed by atoms with Gasteiger partial charge in [-0.3, -0.25) is 17.9 Å². The van der Waals surface area contributed by atoms with Gasteiger partial charge in [-0.15, -0.1) is 0 Å². The molecule has 8 nitrogen and oxygen atoms in total. The van der Waals surface area contributed by atoms with Crippen LogP contribution in [0.2, 0.25) is 10.0 Å². The number of rotatable bonds is 4. The normalized spacial score (nSPS) is 11.1. The highest BCUT2D eigenvalue weighted by molar-refractivity contribution is 9.10. The Morgan fingerprint density at radius 2 is 0.919 bits per heavy atom. The van der Waals surface area contributed by atoms with E-state index in [1.54, 1.807) is 12.1 Å². The van der Waals surface area contributed by atoms with Crippen molar-refractivity contribution in [3.8, 4) is 11.4 Å². The predicted octanol–water partition coefficient (Wildman–Crippen LogP) is 14.6. The van der Waals surface area contributed by atoms with Crippen LogP contribution in [0.3, 0.4) is 0 Å². The lowest BCUT2D eigenvalue weighted by atomic mass is 10.2. The van der Waals surface area contributed by atoms with Crippen molar-refractivity contribution in [3.63, 3.8) is 0 Å². The molecule has 0 amide bonds. The van der Waals surface area contributed by atoms with E-state index < -0.39 is 0 Å². The molecule has 304 valence electrons. The van der Waals surface area contributed by atoms with Gasteiger partial charge in [-0.1, -0.05) is 131 Å². The largest absolute Gasteiger partial charge is 0.398 e. The minimum atomic E-state index is 0. The maximum absolute atomic E-state index is 6.35. The summed E-state index contributed by atoms with van der Waals surface area (Å²) in [5, 5.41) is 4.75. The molecule has 4 heterocycles. The highest BCUT2D eigenvalue weighted by atomic mass is 79.9. The second kappa shape index (κ2) is 17.1. The lowest BCUT2D eigenvalue weighted by Crippen LogP contribution is -1.96. The Balaban J connectivity index is 0.000000135. The minimum absolute atomic E-state index is 0. The fourth-order valence-electron chi connectivity index (χ4n) is 7.71. The van der Waals surface area contributed by atoms with Crippen LogP contribution >= 0.6 is 39.1 Å². The summed E-state index contributed by atoms with van der Waals surface area (Å²) in [6, 6.07) is 64.9. The van der Waals surface area contributed by atoms with Crippen molar-refractivity contribution < 1.29 is 0 Å². The van der Waals surface area contributed by atoms with Gasteiger partial charge >= 0.3 is 0 Å². The summed E-state index contributed by atoms with van der Waals surface area (Å²) in [7, 11) is 0. The van der Waals surface area contributed by atoms with E-state index >= 15 is 0 Å². The Morgan fingerprint density at radius 3 is 1.45 bits per heavy atom. The maximum Gasteiger partial charge on any atom is 0.220 e. The summed E-state index contributed by atoms with van der Waals surface area (Å²) in [5.41, 5.74) is 18.7. The topological polar surface area (TPSA) is 82.5 Å². The van der Waals surface area contributed by atoms with Crippen LogP contribution in [0.4, 0.5) is 17.1 Å². The number of fused-ring (bicyclic) bond motifs is 10. The van der Waals surface area contributed by atoms with E-state index in [0.717, 1.165) is 82.9 Å². The van der Waals surface area contributed by atoms with Crippen molar-refractivity contribution in [2.75, 3.05) is 11.1 Å². The number of imidazole rings is 4. The van der Waals surface area contributed by atoms with Crippen molar-refractivity contribution in [1.29, 1.82) is 0 Å². The van der Waals surface area contributed by atoms with E-state index in [-0.39, 0.29) is 7.43 Å². The number of hydrogen-bond acceptors (Lipinski definition) is 4. The van der Waals surface area contributed by atoms with Gasteiger partial charge in [0.15, 0.2) is 0 Å². The highest BCUT2D eigenvalue weighted by Gasteiger charge is 2.19. The van der Waals surface area contributed by atoms with E-state index in [1.165, 1.54) is 0 Å². The van der Waals surface area contributed by atoms with Crippen LogP contribution < -0.4 is 11.1 Å². The number of nitrogen functional groups attached to an aromatic ring is 1. The fraction of sp³-hybridized carbons (Fsp3) is 0.0196. The molecular weight excluding hydrogens is 875 g/mol. The number of anilines is 3. The number of halogens is 3. The molecule has 0 saturated heterocycles. The monoisotopic (exact) mass is 912 g/mol. The van der Waals surface area contributed by atoms with Crippen LogP contribution in [0.25, 0.3) is 67.1 Å². The third kappa shape index (κ3) is 7.40. The number of hydrogen-bond donors (Lipinski definition) is 2. The van der Waals surface area contributed by atoms with E-state index in [4.69, 9.17) is 38.9 Å². The molecule has 0 atom stereocenters. The molecule has 0 aliphatic carbocycles. The number of nitrogens with zero attached hydrogens (tertiary/aromatic N) is 6. The first-order chi connectivity index (χ1) is 29.9. The van der Waals surface area contributed by atoms with Crippen molar-refractivity contribution in [1.82, 2.24) is 27.9 Å². The molecule has 0 spiro atoms. The molecule has 0 saturated carbocycles. The van der Waals surface area contributed by atoms with Crippen LogP contribution in [-0.4, -0.2) is 27.9 Å². The van der Waals surface area contributed by atoms with E-state index in [0.29, 0.717) is 15.7 Å². The minimum Gasteiger partial charge on any atom is -0.398 e. The van der Waals surface area contributed by atoms with Crippen LogP contribution in [0.15, 0.2) is 199 Å². The molecule has 0 aliphatic heterocycles. The molecule has 0 fully saturated rings. The Hall–Kier alpha value is -7.04. The Morgan fingerprint density at radius 1 is 0.452 bits per heavy atom. The van der Waals surface area contributed by atoms with Crippen molar-refractivity contribution >= 4 is 112 Å². The van der Waals surface area contributed by atoms with Gasteiger partial charge < -0.3 is 11.1 Å². The van der Waals surface area contributed by atoms with Crippen molar-refractivity contribution in [2.45, 2.75) is 7.43 Å². The lowest BCUT2D eigenvalue weighted by Gasteiger charge is -2.10. The molecule has 4 aromatic heterocycles. The molecule has 0 unspecified atom stereocenters. The van der Waals surface area contributed by atoms with Crippen LogP contribution in [0.1, 0.15) is 7.43 Å². The third-order valence-electron chi connectivity index (χ3n) is 10.4. The second-order valence-corrected chi connectivity index (χ2v) is 16.0. The maximum atomic E-state index is 6.35. The molecule has 3 N–H and O–H groups in total. The molecule has 62 heavy (non-hydrogen) atoms. The summed E-state index contributed by atoms with van der Waals surface area (Å²) in [6.07, 6.45) is 0. The van der Waals surface area contributed by atoms with Gasteiger partial charge in [-0.25, -0.2) is 9.97 Å². The number of nitrogens with two attached hydrogens (primary N) is 1. The van der Waals surface area contributed by atoms with Crippen LogP contribution in [-0.2, 0) is 0 Å². The number of nitrogens with one attached hydrogen (secondary N) is 1. The Bertz CT molecular complexity index is 3500. The average Bonchev–Trinajstić information content (AvgIpc) is 4.03. The smallest absolute Gasteiger partial charge is 0.220 e. The number of benzene rings is 8. The SMILES string of the molecule is Brc1ccc2c(c1)n(-c1ccccc1)c1nc3ccccc3n21.C.Clc1ccccc1Nc1ccc2c(c1)n(-c1ccccc1)c1nc3ccccc3n21.Nc1ccccc1Cl. The third-order valence-corrected chi connectivity index (χ3v) is 11.6. The molecular formula is C51H39BrCl2N8. The zero-order chi connectivity index (χ0) is 41.5. The Labute approximate surface area is 376 Å². The van der Waals surface area contributed by atoms with E-state index in [9.17, 15) is 0 Å². The standard InChI is InChI=1S/C25H17ClN4.C19H12BrN3.C6H6ClN.CH4/c26-19-10-4-5-11-20(19)27-17-14-15-23-24(16-17)29(18-8-2-1-3-9-18)25-28-21-12-6-7-13-22(21)30(23)25;20-13-10-11-17-18(12-13)22(14-6-2-1-3-7-14)19-21-15-8-4-5-9-16(15)23(17)19;7-5-3-1-2-4-6(5)8;/h1-16,27H;1-12H;1-4H,8H2;1H4. The summed E-state index contributed by atoms with van der Waals surface area (Å²) < 4.78 is 9.92. The first-order valence-electron chi connectivity index (χ1n) is 19.5. The van der Waals surface area contributed by atoms with Crippen LogP contribution in [0, 0.1) is 0 Å². The summed E-state index contributed by atoms with van der Waals surface area (Å²) in [6.45, 7) is 0. The molecule has 0 aliphatic rings. The van der Waals surface area contributed by atoms with Gasteiger partial charge in [-0.2, -0.15) is 0 Å². The van der Waals surface area contributed by atoms with Gasteiger partial charge in [0.2, 0.25) is 11.6 Å². The second-order valence-electron chi connectivity index (χ2n) is 14.3. The van der Waals surface area contributed by atoms with Gasteiger partial charge in [-0.05, 0) is 109 Å². The zero-order valence-electron chi connectivity index (χ0n) is 32.4. The summed E-state index contributed by atoms with van der Waals surface area (Å²) in [5.74, 6) is 1.83. The average molecular weight is 915 g/mol. The molecule has 0 radical (unpaired) electrons. The number of para-hydroxylation sites is 8. The first kappa shape index (κ1) is 40.4. The fourth-order valence-corrected chi connectivity index (χ4v) is 8.38. The summed E-state index contributed by atoms with van der Waals surface area (Å²) in [4.78, 5) is 9.81. The molecule has 8 aromatic carbocycles. The molecule has 12 aromatic rings. The molecule has 11 heteroatoms. The molecule has 12 rings (SSSR count). The van der Waals surface area contributed by atoms with E-state index in [1.807, 2.05) is 72.8 Å². The highest BCUT2D eigenvalue weighted by Crippen LogP contribution is 2.34.